The summed E-state index contributed by atoms with van der Waals surface area (Å²) in [6.07, 6.45) is 0.342. The normalized spacial score (nSPS) is 41.8. The molecule has 4 atom stereocenters. The Hall–Kier alpha value is -0.950. The fourth-order valence-electron chi connectivity index (χ4n) is 2.09. The number of rotatable bonds is 3. The van der Waals surface area contributed by atoms with E-state index in [0.717, 1.165) is 0 Å². The first kappa shape index (κ1) is 11.5. The smallest absolute Gasteiger partial charge is 0.245 e. The summed E-state index contributed by atoms with van der Waals surface area (Å²) in [5.74, 6) is -0.514. The summed E-state index contributed by atoms with van der Waals surface area (Å²) in [4.78, 5) is 11.0. The highest BCUT2D eigenvalue weighted by Gasteiger charge is 2.58. The van der Waals surface area contributed by atoms with Crippen molar-refractivity contribution in [3.8, 4) is 0 Å². The predicted octanol–water partition coefficient (Wildman–Crippen LogP) is -0.645. The highest BCUT2D eigenvalue weighted by atomic mass is 16.6. The van der Waals surface area contributed by atoms with Crippen molar-refractivity contribution >= 4 is 5.91 Å². The largest absolute Gasteiger partial charge is 0.387 e. The van der Waals surface area contributed by atoms with Gasteiger partial charge in [0.25, 0.3) is 0 Å². The summed E-state index contributed by atoms with van der Waals surface area (Å²) >= 11 is 0. The first-order valence-corrected chi connectivity index (χ1v) is 5.14. The molecule has 0 aromatic heterocycles. The van der Waals surface area contributed by atoms with E-state index in [4.69, 9.17) is 14.7 Å². The summed E-state index contributed by atoms with van der Waals surface area (Å²) in [6.45, 7) is 4.04. The number of hydrogen-bond acceptors (Lipinski definition) is 5. The molecule has 0 aromatic rings. The van der Waals surface area contributed by atoms with E-state index < -0.39 is 23.7 Å². The number of carbonyl (C=O) groups excluding carboxylic acids is 1. The SMILES string of the molecule is C=C[C@H]1O[C@H](CC(=O)NO)C[C@@]2(CO2)[C@@H]1O. The van der Waals surface area contributed by atoms with Crippen LogP contribution < -0.4 is 5.48 Å². The second-order valence-corrected chi connectivity index (χ2v) is 4.20. The lowest BCUT2D eigenvalue weighted by Crippen LogP contribution is -2.50. The third-order valence-electron chi connectivity index (χ3n) is 3.06. The lowest BCUT2D eigenvalue weighted by molar-refractivity contribution is -0.149. The maximum atomic E-state index is 11.0. The Bertz CT molecular complexity index is 302. The Kier molecular flexibility index (Phi) is 2.98. The van der Waals surface area contributed by atoms with Gasteiger partial charge in [-0.3, -0.25) is 10.0 Å². The number of hydroxylamine groups is 1. The molecule has 1 amide bonds. The zero-order valence-electron chi connectivity index (χ0n) is 8.76. The van der Waals surface area contributed by atoms with Crippen LogP contribution in [0.5, 0.6) is 0 Å². The Morgan fingerprint density at radius 3 is 2.88 bits per heavy atom. The van der Waals surface area contributed by atoms with Crippen LogP contribution in [0.1, 0.15) is 12.8 Å². The molecule has 0 saturated carbocycles. The topological polar surface area (TPSA) is 91.3 Å². The summed E-state index contributed by atoms with van der Waals surface area (Å²) in [6, 6.07) is 0. The summed E-state index contributed by atoms with van der Waals surface area (Å²) in [5.41, 5.74) is 0.970. The van der Waals surface area contributed by atoms with Crippen molar-refractivity contribution in [3.63, 3.8) is 0 Å². The van der Waals surface area contributed by atoms with E-state index in [1.807, 2.05) is 0 Å². The third kappa shape index (κ3) is 1.97. The summed E-state index contributed by atoms with van der Waals surface area (Å²) in [5, 5.41) is 18.3. The Balaban J connectivity index is 2.01. The number of aliphatic hydroxyl groups excluding tert-OH is 1. The van der Waals surface area contributed by atoms with Crippen LogP contribution in [-0.2, 0) is 14.3 Å². The molecule has 2 aliphatic rings. The molecular weight excluding hydrogens is 214 g/mol. The molecule has 0 radical (unpaired) electrons. The first-order valence-electron chi connectivity index (χ1n) is 5.14. The first-order chi connectivity index (χ1) is 7.61. The van der Waals surface area contributed by atoms with E-state index in [0.29, 0.717) is 13.0 Å². The molecule has 90 valence electrons. The summed E-state index contributed by atoms with van der Waals surface area (Å²) in [7, 11) is 0. The molecule has 2 fully saturated rings. The molecule has 2 rings (SSSR count). The Morgan fingerprint density at radius 2 is 2.38 bits per heavy atom. The zero-order valence-corrected chi connectivity index (χ0v) is 8.76. The van der Waals surface area contributed by atoms with Gasteiger partial charge < -0.3 is 14.6 Å². The van der Waals surface area contributed by atoms with Crippen LogP contribution in [0.3, 0.4) is 0 Å². The molecule has 0 unspecified atom stereocenters. The molecule has 6 nitrogen and oxygen atoms in total. The van der Waals surface area contributed by atoms with Gasteiger partial charge in [0.15, 0.2) is 0 Å². The minimum atomic E-state index is -0.738. The number of carbonyl (C=O) groups is 1. The molecule has 0 bridgehead atoms. The monoisotopic (exact) mass is 229 g/mol. The van der Waals surface area contributed by atoms with E-state index >= 15 is 0 Å². The van der Waals surface area contributed by atoms with E-state index in [9.17, 15) is 9.90 Å². The minimum absolute atomic E-state index is 0.0403. The molecule has 2 saturated heterocycles. The van der Waals surface area contributed by atoms with Crippen molar-refractivity contribution in [1.29, 1.82) is 0 Å². The average Bonchev–Trinajstić information content (AvgIpc) is 3.04. The molecule has 3 N–H and O–H groups in total. The number of amides is 1. The average molecular weight is 229 g/mol. The Labute approximate surface area is 92.8 Å². The van der Waals surface area contributed by atoms with Crippen molar-refractivity contribution in [2.75, 3.05) is 6.61 Å². The fourth-order valence-corrected chi connectivity index (χ4v) is 2.09. The number of hydrogen-bond donors (Lipinski definition) is 3. The maximum Gasteiger partial charge on any atom is 0.245 e. The van der Waals surface area contributed by atoms with Gasteiger partial charge in [-0.15, -0.1) is 6.58 Å². The Morgan fingerprint density at radius 1 is 1.69 bits per heavy atom. The highest BCUT2D eigenvalue weighted by Crippen LogP contribution is 2.43. The van der Waals surface area contributed by atoms with Crippen molar-refractivity contribution in [2.45, 2.75) is 36.8 Å². The molecular formula is C10H15NO5. The fraction of sp³-hybridized carbons (Fsp3) is 0.700. The second-order valence-electron chi connectivity index (χ2n) is 4.20. The van der Waals surface area contributed by atoms with Gasteiger partial charge in [0, 0.05) is 6.42 Å². The van der Waals surface area contributed by atoms with Crippen LogP contribution >= 0.6 is 0 Å². The van der Waals surface area contributed by atoms with Crippen molar-refractivity contribution in [3.05, 3.63) is 12.7 Å². The number of epoxide rings is 1. The van der Waals surface area contributed by atoms with E-state index in [1.54, 1.807) is 5.48 Å². The number of aliphatic hydroxyl groups is 1. The van der Waals surface area contributed by atoms with Crippen LogP contribution in [0.4, 0.5) is 0 Å². The standard InChI is InChI=1S/C10H15NO5/c1-2-7-9(13)10(5-15-10)4-6(16-7)3-8(12)11-14/h2,6-7,9,13-14H,1,3-5H2,(H,11,12)/t6-,7-,9-,10-/m1/s1. The molecule has 16 heavy (non-hydrogen) atoms. The van der Waals surface area contributed by atoms with Crippen molar-refractivity contribution in [1.82, 2.24) is 5.48 Å². The highest BCUT2D eigenvalue weighted by molar-refractivity contribution is 5.75. The maximum absolute atomic E-state index is 11.0. The molecule has 1 spiro atoms. The van der Waals surface area contributed by atoms with Gasteiger partial charge in [-0.1, -0.05) is 6.08 Å². The van der Waals surface area contributed by atoms with Crippen LogP contribution in [0.2, 0.25) is 0 Å². The number of nitrogens with one attached hydrogen (secondary N) is 1. The predicted molar refractivity (Wildman–Crippen MR) is 52.7 cm³/mol. The quantitative estimate of drug-likeness (QED) is 0.259. The molecule has 0 aliphatic carbocycles. The van der Waals surface area contributed by atoms with Crippen molar-refractivity contribution in [2.24, 2.45) is 0 Å². The molecule has 0 aromatic carbocycles. The van der Waals surface area contributed by atoms with Crippen LogP contribution in [0.15, 0.2) is 12.7 Å². The minimum Gasteiger partial charge on any atom is -0.387 e. The van der Waals surface area contributed by atoms with E-state index in [-0.39, 0.29) is 12.5 Å². The van der Waals surface area contributed by atoms with Gasteiger partial charge >= 0.3 is 0 Å². The lowest BCUT2D eigenvalue weighted by Gasteiger charge is -2.36. The van der Waals surface area contributed by atoms with Gasteiger partial charge in [-0.2, -0.15) is 0 Å². The molecule has 6 heteroatoms. The zero-order chi connectivity index (χ0) is 11.8. The molecule has 2 heterocycles. The summed E-state index contributed by atoms with van der Waals surface area (Å²) < 4.78 is 10.7. The lowest BCUT2D eigenvalue weighted by atomic mass is 9.88. The van der Waals surface area contributed by atoms with E-state index in [1.165, 1.54) is 6.08 Å². The van der Waals surface area contributed by atoms with Crippen LogP contribution in [0.25, 0.3) is 0 Å². The van der Waals surface area contributed by atoms with Gasteiger partial charge in [0.2, 0.25) is 5.91 Å². The van der Waals surface area contributed by atoms with Gasteiger partial charge in [0.05, 0.1) is 19.1 Å². The van der Waals surface area contributed by atoms with Crippen LogP contribution in [-0.4, -0.2) is 46.7 Å². The number of ether oxygens (including phenoxy) is 2. The third-order valence-corrected chi connectivity index (χ3v) is 3.06. The molecule has 2 aliphatic heterocycles. The second kappa shape index (κ2) is 4.14. The van der Waals surface area contributed by atoms with Crippen molar-refractivity contribution < 1.29 is 24.6 Å². The van der Waals surface area contributed by atoms with E-state index in [2.05, 4.69) is 6.58 Å². The van der Waals surface area contributed by atoms with Crippen LogP contribution in [0, 0.1) is 0 Å². The van der Waals surface area contributed by atoms with Gasteiger partial charge in [-0.05, 0) is 0 Å². The van der Waals surface area contributed by atoms with Gasteiger partial charge in [0.1, 0.15) is 17.8 Å². The van der Waals surface area contributed by atoms with Gasteiger partial charge in [-0.25, -0.2) is 5.48 Å².